The lowest BCUT2D eigenvalue weighted by atomic mass is 9.93. The molecule has 0 bridgehead atoms. The lowest BCUT2D eigenvalue weighted by Crippen LogP contribution is -2.34. The fourth-order valence-electron chi connectivity index (χ4n) is 4.19. The molecule has 0 spiro atoms. The van der Waals surface area contributed by atoms with E-state index in [0.717, 1.165) is 41.0 Å². The summed E-state index contributed by atoms with van der Waals surface area (Å²) >= 11 is 0. The van der Waals surface area contributed by atoms with Crippen molar-refractivity contribution in [2.24, 2.45) is 5.92 Å². The van der Waals surface area contributed by atoms with Crippen molar-refractivity contribution in [1.29, 1.82) is 0 Å². The number of amides is 1. The first-order valence-corrected chi connectivity index (χ1v) is 14.2. The van der Waals surface area contributed by atoms with Gasteiger partial charge in [-0.05, 0) is 79.6 Å². The fourth-order valence-corrected chi connectivity index (χ4v) is 4.19. The number of allylic oxidation sites excluding steroid dienone is 1. The Morgan fingerprint density at radius 1 is 0.829 bits per heavy atom. The summed E-state index contributed by atoms with van der Waals surface area (Å²) in [5, 5.41) is 3.03. The van der Waals surface area contributed by atoms with Crippen molar-refractivity contribution in [1.82, 2.24) is 5.32 Å². The number of nitrogens with one attached hydrogen (secondary N) is 1. The Kier molecular flexibility index (Phi) is 14.2. The average Bonchev–Trinajstić information content (AvgIpc) is 3.01. The number of ether oxygens (including phenoxy) is 2. The smallest absolute Gasteiger partial charge is 0.223 e. The van der Waals surface area contributed by atoms with Gasteiger partial charge in [-0.25, -0.2) is 9.78 Å². The molecule has 0 saturated heterocycles. The number of ketones is 1. The van der Waals surface area contributed by atoms with Crippen LogP contribution in [-0.4, -0.2) is 45.2 Å². The lowest BCUT2D eigenvalue weighted by molar-refractivity contribution is -0.291. The van der Waals surface area contributed by atoms with Crippen LogP contribution in [0.2, 0.25) is 0 Å². The Morgan fingerprint density at radius 2 is 1.51 bits per heavy atom. The molecule has 3 rings (SSSR count). The van der Waals surface area contributed by atoms with Crippen LogP contribution in [-0.2, 0) is 32.2 Å². The molecule has 7 nitrogen and oxygen atoms in total. The molecule has 0 heterocycles. The summed E-state index contributed by atoms with van der Waals surface area (Å²) in [6.07, 6.45) is 6.31. The molecule has 7 heteroatoms. The summed E-state index contributed by atoms with van der Waals surface area (Å²) in [5.74, 6) is 0.855. The minimum Gasteiger partial charge on any atom is -0.497 e. The zero-order valence-electron chi connectivity index (χ0n) is 24.1. The molecule has 0 fully saturated rings. The predicted molar refractivity (Wildman–Crippen MR) is 161 cm³/mol. The number of hydrogen-bond acceptors (Lipinski definition) is 6. The molecule has 0 aromatic heterocycles. The topological polar surface area (TPSA) is 83.1 Å². The average molecular weight is 560 g/mol. The van der Waals surface area contributed by atoms with E-state index >= 15 is 0 Å². The number of carbonyl (C=O) groups excluding carboxylic acids is 2. The van der Waals surface area contributed by atoms with E-state index in [1.807, 2.05) is 85.8 Å². The summed E-state index contributed by atoms with van der Waals surface area (Å²) in [7, 11) is 1.63. The second kappa shape index (κ2) is 18.4. The van der Waals surface area contributed by atoms with Crippen LogP contribution >= 0.6 is 0 Å². The van der Waals surface area contributed by atoms with Gasteiger partial charge < -0.3 is 14.8 Å². The molecular formula is C34H41NO6. The minimum absolute atomic E-state index is 0.0857. The summed E-state index contributed by atoms with van der Waals surface area (Å²) < 4.78 is 11.0. The molecule has 0 aliphatic rings. The van der Waals surface area contributed by atoms with Crippen molar-refractivity contribution in [3.63, 3.8) is 0 Å². The number of methoxy groups -OCH3 is 1. The van der Waals surface area contributed by atoms with Gasteiger partial charge >= 0.3 is 0 Å². The van der Waals surface area contributed by atoms with Gasteiger partial charge in [-0.15, -0.1) is 0 Å². The van der Waals surface area contributed by atoms with E-state index in [1.54, 1.807) is 19.3 Å². The normalized spacial score (nSPS) is 11.8. The summed E-state index contributed by atoms with van der Waals surface area (Å²) in [6.45, 7) is 4.02. The van der Waals surface area contributed by atoms with Gasteiger partial charge in [-0.3, -0.25) is 9.59 Å². The molecule has 0 radical (unpaired) electrons. The molecule has 0 aliphatic carbocycles. The zero-order valence-corrected chi connectivity index (χ0v) is 24.1. The molecule has 3 aromatic carbocycles. The van der Waals surface area contributed by atoms with Crippen LogP contribution in [0.25, 0.3) is 6.08 Å². The Hall–Kier alpha value is -3.94. The molecule has 41 heavy (non-hydrogen) atoms. The van der Waals surface area contributed by atoms with Crippen molar-refractivity contribution in [2.45, 2.75) is 39.0 Å². The van der Waals surface area contributed by atoms with Crippen LogP contribution in [0, 0.1) is 5.92 Å². The molecule has 0 aliphatic heterocycles. The molecule has 1 amide bonds. The first-order valence-electron chi connectivity index (χ1n) is 14.2. The first kappa shape index (κ1) is 31.6. The molecule has 1 N–H and O–H groups in total. The highest BCUT2D eigenvalue weighted by atomic mass is 17.2. The molecule has 1 atom stereocenters. The van der Waals surface area contributed by atoms with Crippen molar-refractivity contribution in [2.75, 3.05) is 33.5 Å². The highest BCUT2D eigenvalue weighted by molar-refractivity contribution is 5.96. The SMILES string of the molecule is CCOOCCCCOc1ccc(C[C@H](CC(=O)/C=C/c2ccccc2)C(=O)NCCc2ccc(OC)cc2)cc1. The van der Waals surface area contributed by atoms with Crippen molar-refractivity contribution >= 4 is 17.8 Å². The maximum Gasteiger partial charge on any atom is 0.223 e. The Labute approximate surface area is 243 Å². The third kappa shape index (κ3) is 12.4. The largest absolute Gasteiger partial charge is 0.497 e. The van der Waals surface area contributed by atoms with Crippen LogP contribution in [0.4, 0.5) is 0 Å². The van der Waals surface area contributed by atoms with Crippen molar-refractivity contribution in [3.8, 4) is 11.5 Å². The molecule has 0 saturated carbocycles. The van der Waals surface area contributed by atoms with Crippen molar-refractivity contribution in [3.05, 3.63) is 102 Å². The number of unbranched alkanes of at least 4 members (excludes halogenated alkanes) is 1. The number of rotatable bonds is 19. The van der Waals surface area contributed by atoms with Gasteiger partial charge in [-0.2, -0.15) is 0 Å². The first-order chi connectivity index (χ1) is 20.1. The lowest BCUT2D eigenvalue weighted by Gasteiger charge is -2.16. The van der Waals surface area contributed by atoms with E-state index in [9.17, 15) is 9.59 Å². The van der Waals surface area contributed by atoms with Crippen LogP contribution in [0.1, 0.15) is 42.9 Å². The molecule has 0 unspecified atom stereocenters. The van der Waals surface area contributed by atoms with E-state index in [1.165, 1.54) is 0 Å². The van der Waals surface area contributed by atoms with E-state index in [0.29, 0.717) is 39.2 Å². The maximum atomic E-state index is 13.2. The van der Waals surface area contributed by atoms with E-state index in [2.05, 4.69) is 5.32 Å². The van der Waals surface area contributed by atoms with E-state index in [-0.39, 0.29) is 18.1 Å². The van der Waals surface area contributed by atoms with Gasteiger partial charge in [0.2, 0.25) is 5.91 Å². The van der Waals surface area contributed by atoms with E-state index in [4.69, 9.17) is 19.2 Å². The maximum absolute atomic E-state index is 13.2. The van der Waals surface area contributed by atoms with Gasteiger partial charge in [0.15, 0.2) is 5.78 Å². The van der Waals surface area contributed by atoms with Crippen molar-refractivity contribution < 1.29 is 28.8 Å². The van der Waals surface area contributed by atoms with Crippen LogP contribution in [0.3, 0.4) is 0 Å². The highest BCUT2D eigenvalue weighted by Crippen LogP contribution is 2.19. The standard InChI is InChI=1S/C34H41NO6/c1-3-40-41-24-8-7-23-39-33-19-14-29(15-20-33)25-30(26-31(36)16-11-27-9-5-4-6-10-27)34(37)35-22-21-28-12-17-32(38-2)18-13-28/h4-6,9-20,30H,3,7-8,21-26H2,1-2H3,(H,35,37)/b16-11+/t30-/m1/s1. The fraction of sp³-hybridized carbons (Fsp3) is 0.353. The predicted octanol–water partition coefficient (Wildman–Crippen LogP) is 6.01. The van der Waals surface area contributed by atoms with Crippen LogP contribution in [0.15, 0.2) is 84.9 Å². The van der Waals surface area contributed by atoms with Gasteiger partial charge in [0.25, 0.3) is 0 Å². The number of benzene rings is 3. The Balaban J connectivity index is 1.55. The third-order valence-electron chi connectivity index (χ3n) is 6.45. The van der Waals surface area contributed by atoms with Gasteiger partial charge in [0.1, 0.15) is 11.5 Å². The second-order valence-electron chi connectivity index (χ2n) is 9.63. The highest BCUT2D eigenvalue weighted by Gasteiger charge is 2.21. The molecule has 3 aromatic rings. The zero-order chi connectivity index (χ0) is 29.1. The minimum atomic E-state index is -0.490. The Morgan fingerprint density at radius 3 is 2.22 bits per heavy atom. The number of carbonyl (C=O) groups is 2. The summed E-state index contributed by atoms with van der Waals surface area (Å²) in [6, 6.07) is 25.1. The van der Waals surface area contributed by atoms with Gasteiger partial charge in [0.05, 0.1) is 26.9 Å². The second-order valence-corrected chi connectivity index (χ2v) is 9.63. The van der Waals surface area contributed by atoms with Crippen LogP contribution in [0.5, 0.6) is 11.5 Å². The van der Waals surface area contributed by atoms with E-state index < -0.39 is 5.92 Å². The monoisotopic (exact) mass is 559 g/mol. The quantitative estimate of drug-likeness (QED) is 0.0838. The van der Waals surface area contributed by atoms with Gasteiger partial charge in [0, 0.05) is 18.9 Å². The summed E-state index contributed by atoms with van der Waals surface area (Å²) in [5.41, 5.74) is 3.01. The number of hydrogen-bond donors (Lipinski definition) is 1. The van der Waals surface area contributed by atoms with Gasteiger partial charge in [-0.1, -0.05) is 60.7 Å². The molecular weight excluding hydrogens is 518 g/mol. The summed E-state index contributed by atoms with van der Waals surface area (Å²) in [4.78, 5) is 36.0. The third-order valence-corrected chi connectivity index (χ3v) is 6.45. The molecule has 218 valence electrons. The Bertz CT molecular complexity index is 1190. The van der Waals surface area contributed by atoms with Crippen LogP contribution < -0.4 is 14.8 Å².